The lowest BCUT2D eigenvalue weighted by Gasteiger charge is -2.36. The van der Waals surface area contributed by atoms with E-state index in [4.69, 9.17) is 16.0 Å². The van der Waals surface area contributed by atoms with Gasteiger partial charge in [-0.15, -0.1) is 0 Å². The number of Topliss-reactive ketones (excluding diaryl/α,β-unsaturated/α-hetero) is 1. The van der Waals surface area contributed by atoms with Gasteiger partial charge in [0.05, 0.1) is 6.26 Å². The quantitative estimate of drug-likeness (QED) is 0.551. The van der Waals surface area contributed by atoms with Crippen molar-refractivity contribution in [2.75, 3.05) is 5.32 Å². The van der Waals surface area contributed by atoms with Crippen molar-refractivity contribution in [1.29, 1.82) is 0 Å². The number of carbonyl (C=O) groups excluding carboxylic acids is 2. The Hall–Kier alpha value is -3.64. The number of allylic oxidation sites excluding steroid dienone is 3. The van der Waals surface area contributed by atoms with Crippen LogP contribution in [0.2, 0.25) is 5.02 Å². The number of carbonyl (C=O) groups is 2. The van der Waals surface area contributed by atoms with Crippen molar-refractivity contribution >= 4 is 29.1 Å². The molecular formula is C26H22ClN3O3. The number of hydrogen-bond acceptors (Lipinski definition) is 5. The van der Waals surface area contributed by atoms with Gasteiger partial charge in [-0.2, -0.15) is 0 Å². The topological polar surface area (TPSA) is 84.2 Å². The van der Waals surface area contributed by atoms with E-state index in [0.717, 1.165) is 17.0 Å². The van der Waals surface area contributed by atoms with Crippen LogP contribution in [0.25, 0.3) is 0 Å². The number of nitrogens with zero attached hydrogens (tertiary/aromatic N) is 1. The predicted molar refractivity (Wildman–Crippen MR) is 126 cm³/mol. The van der Waals surface area contributed by atoms with Crippen molar-refractivity contribution in [2.24, 2.45) is 0 Å². The number of dihydropyridines is 1. The Labute approximate surface area is 196 Å². The van der Waals surface area contributed by atoms with Crippen LogP contribution in [0.4, 0.5) is 5.82 Å². The lowest BCUT2D eigenvalue weighted by atomic mass is 9.72. The minimum atomic E-state index is -0.580. The monoisotopic (exact) mass is 459 g/mol. The zero-order valence-electron chi connectivity index (χ0n) is 18.0. The van der Waals surface area contributed by atoms with Crippen molar-refractivity contribution < 1.29 is 14.0 Å². The van der Waals surface area contributed by atoms with Gasteiger partial charge in [0.1, 0.15) is 11.6 Å². The second kappa shape index (κ2) is 8.71. The van der Waals surface area contributed by atoms with Crippen molar-refractivity contribution in [3.8, 4) is 0 Å². The number of anilines is 1. The minimum absolute atomic E-state index is 0.0225. The van der Waals surface area contributed by atoms with Crippen LogP contribution in [0.3, 0.4) is 0 Å². The van der Waals surface area contributed by atoms with Gasteiger partial charge in [-0.1, -0.05) is 35.9 Å². The number of rotatable bonds is 4. The molecule has 6 nitrogen and oxygen atoms in total. The molecule has 2 N–H and O–H groups in total. The van der Waals surface area contributed by atoms with Crippen LogP contribution in [-0.4, -0.2) is 16.7 Å². The Kier molecular flexibility index (Phi) is 5.60. The summed E-state index contributed by atoms with van der Waals surface area (Å²) in [5.74, 6) is 0.243. The van der Waals surface area contributed by atoms with E-state index in [1.54, 1.807) is 36.7 Å². The van der Waals surface area contributed by atoms with E-state index in [2.05, 4.69) is 15.6 Å². The van der Waals surface area contributed by atoms with Gasteiger partial charge < -0.3 is 15.1 Å². The second-order valence-corrected chi connectivity index (χ2v) is 8.63. The smallest absolute Gasteiger partial charge is 0.255 e. The highest BCUT2D eigenvalue weighted by Crippen LogP contribution is 2.47. The van der Waals surface area contributed by atoms with E-state index in [-0.39, 0.29) is 17.6 Å². The summed E-state index contributed by atoms with van der Waals surface area (Å²) in [4.78, 5) is 31.2. The van der Waals surface area contributed by atoms with E-state index in [9.17, 15) is 9.59 Å². The molecule has 1 aliphatic carbocycles. The third-order valence-corrected chi connectivity index (χ3v) is 6.48. The molecule has 2 aromatic heterocycles. The molecule has 5 rings (SSSR count). The summed E-state index contributed by atoms with van der Waals surface area (Å²) in [6.07, 6.45) is 4.16. The standard InChI is InChI=1S/C26H22ClN3O3/c1-15-23(26(32)30-22-10-4-5-11-28-22)24(17-7-2-3-8-18(17)27)25-19(29-15)13-16(14-20(25)31)21-9-6-12-33-21/h2-12,16,24,29H,13-14H2,1H3,(H,28,30,32)/t16-,24-/m1/s1. The number of nitrogens with one attached hydrogen (secondary N) is 2. The molecule has 3 aromatic rings. The first kappa shape index (κ1) is 21.2. The third kappa shape index (κ3) is 3.98. The van der Waals surface area contributed by atoms with Gasteiger partial charge in [0.25, 0.3) is 5.91 Å². The Morgan fingerprint density at radius 3 is 2.67 bits per heavy atom. The average Bonchev–Trinajstić information content (AvgIpc) is 3.34. The van der Waals surface area contributed by atoms with Gasteiger partial charge >= 0.3 is 0 Å². The van der Waals surface area contributed by atoms with Crippen molar-refractivity contribution in [1.82, 2.24) is 10.3 Å². The fourth-order valence-corrected chi connectivity index (χ4v) is 4.95. The van der Waals surface area contributed by atoms with Crippen LogP contribution in [0.5, 0.6) is 0 Å². The van der Waals surface area contributed by atoms with Crippen LogP contribution < -0.4 is 10.6 Å². The number of amides is 1. The van der Waals surface area contributed by atoms with Crippen LogP contribution in [0, 0.1) is 0 Å². The van der Waals surface area contributed by atoms with Gasteiger partial charge in [0, 0.05) is 52.0 Å². The molecule has 33 heavy (non-hydrogen) atoms. The summed E-state index contributed by atoms with van der Waals surface area (Å²) in [6.45, 7) is 1.85. The molecule has 2 aliphatic rings. The molecule has 0 spiro atoms. The number of halogens is 1. The Morgan fingerprint density at radius 1 is 1.12 bits per heavy atom. The normalized spacial score (nSPS) is 20.4. The number of pyridine rings is 1. The van der Waals surface area contributed by atoms with E-state index in [0.29, 0.717) is 40.5 Å². The zero-order chi connectivity index (χ0) is 22.9. The highest BCUT2D eigenvalue weighted by Gasteiger charge is 2.42. The zero-order valence-corrected chi connectivity index (χ0v) is 18.7. The molecule has 2 atom stereocenters. The summed E-state index contributed by atoms with van der Waals surface area (Å²) >= 11 is 6.59. The molecule has 0 saturated carbocycles. The maximum Gasteiger partial charge on any atom is 0.255 e. The van der Waals surface area contributed by atoms with Gasteiger partial charge in [0.2, 0.25) is 0 Å². The van der Waals surface area contributed by atoms with Gasteiger partial charge in [-0.05, 0) is 49.2 Å². The SMILES string of the molecule is CC1=C(C(=O)Nc2ccccn2)[C@@H](c2ccccc2Cl)C2=C(C[C@@H](c3ccco3)CC2=O)N1. The van der Waals surface area contributed by atoms with E-state index in [1.165, 1.54) is 0 Å². The van der Waals surface area contributed by atoms with E-state index >= 15 is 0 Å². The second-order valence-electron chi connectivity index (χ2n) is 8.22. The number of benzene rings is 1. The predicted octanol–water partition coefficient (Wildman–Crippen LogP) is 5.33. The first-order valence-corrected chi connectivity index (χ1v) is 11.1. The molecule has 0 fully saturated rings. The Balaban J connectivity index is 1.59. The van der Waals surface area contributed by atoms with Crippen LogP contribution >= 0.6 is 11.6 Å². The lowest BCUT2D eigenvalue weighted by Crippen LogP contribution is -2.37. The molecule has 1 amide bonds. The van der Waals surface area contributed by atoms with Crippen LogP contribution in [-0.2, 0) is 9.59 Å². The molecule has 1 aromatic carbocycles. The minimum Gasteiger partial charge on any atom is -0.469 e. The first-order chi connectivity index (χ1) is 16.0. The van der Waals surface area contributed by atoms with E-state index in [1.807, 2.05) is 37.3 Å². The van der Waals surface area contributed by atoms with Gasteiger partial charge in [0.15, 0.2) is 5.78 Å². The molecule has 3 heterocycles. The maximum atomic E-state index is 13.5. The highest BCUT2D eigenvalue weighted by atomic mass is 35.5. The summed E-state index contributed by atoms with van der Waals surface area (Å²) < 4.78 is 5.58. The number of ketones is 1. The summed E-state index contributed by atoms with van der Waals surface area (Å²) in [5, 5.41) is 6.72. The van der Waals surface area contributed by atoms with Crippen molar-refractivity contribution in [3.63, 3.8) is 0 Å². The Morgan fingerprint density at radius 2 is 1.94 bits per heavy atom. The van der Waals surface area contributed by atoms with Gasteiger partial charge in [-0.25, -0.2) is 4.98 Å². The maximum absolute atomic E-state index is 13.5. The lowest BCUT2D eigenvalue weighted by molar-refractivity contribution is -0.116. The summed E-state index contributed by atoms with van der Waals surface area (Å²) in [7, 11) is 0. The fourth-order valence-electron chi connectivity index (χ4n) is 4.71. The first-order valence-electron chi connectivity index (χ1n) is 10.8. The molecule has 0 radical (unpaired) electrons. The fraction of sp³-hybridized carbons (Fsp3) is 0.192. The molecular weight excluding hydrogens is 438 g/mol. The van der Waals surface area contributed by atoms with Crippen molar-refractivity contribution in [3.05, 3.63) is 106 Å². The van der Waals surface area contributed by atoms with Crippen molar-refractivity contribution in [2.45, 2.75) is 31.6 Å². The Bertz CT molecular complexity index is 1280. The summed E-state index contributed by atoms with van der Waals surface area (Å²) in [6, 6.07) is 16.4. The highest BCUT2D eigenvalue weighted by molar-refractivity contribution is 6.31. The molecule has 166 valence electrons. The molecule has 0 saturated heterocycles. The van der Waals surface area contributed by atoms with Gasteiger partial charge in [-0.3, -0.25) is 9.59 Å². The number of furan rings is 1. The number of hydrogen-bond donors (Lipinski definition) is 2. The largest absolute Gasteiger partial charge is 0.469 e. The average molecular weight is 460 g/mol. The molecule has 0 unspecified atom stereocenters. The molecule has 1 aliphatic heterocycles. The summed E-state index contributed by atoms with van der Waals surface area (Å²) in [5.41, 5.74) is 3.26. The molecule has 7 heteroatoms. The van der Waals surface area contributed by atoms with Crippen LogP contribution in [0.1, 0.15) is 42.9 Å². The number of aromatic nitrogens is 1. The third-order valence-electron chi connectivity index (χ3n) is 6.14. The van der Waals surface area contributed by atoms with Crippen LogP contribution in [0.15, 0.2) is 94.0 Å². The molecule has 0 bridgehead atoms. The van der Waals surface area contributed by atoms with E-state index < -0.39 is 5.92 Å².